The molecule has 0 aliphatic heterocycles. The first-order valence-electron chi connectivity index (χ1n) is 2.96. The van der Waals surface area contributed by atoms with Gasteiger partial charge in [-0.3, -0.25) is 0 Å². The van der Waals surface area contributed by atoms with Crippen LogP contribution in [0.3, 0.4) is 0 Å². The van der Waals surface area contributed by atoms with Crippen LogP contribution in [0, 0.1) is 6.92 Å². The van der Waals surface area contributed by atoms with Gasteiger partial charge in [-0.05, 0) is 26.3 Å². The Kier molecular flexibility index (Phi) is 1.69. The smallest absolute Gasteiger partial charge is 0.00670 e. The second kappa shape index (κ2) is 2.31. The van der Waals surface area contributed by atoms with Gasteiger partial charge in [0, 0.05) is 6.04 Å². The van der Waals surface area contributed by atoms with E-state index in [0.29, 0.717) is 0 Å². The molecule has 0 bridgehead atoms. The SMILES string of the molecule is [CH2]CNC1CCC1. The summed E-state index contributed by atoms with van der Waals surface area (Å²) in [5, 5.41) is 3.27. The zero-order valence-corrected chi connectivity index (χ0v) is 4.61. The average molecular weight is 98.2 g/mol. The third-order valence-corrected chi connectivity index (χ3v) is 1.54. The lowest BCUT2D eigenvalue weighted by atomic mass is 9.93. The van der Waals surface area contributed by atoms with Crippen molar-refractivity contribution in [1.29, 1.82) is 0 Å². The Morgan fingerprint density at radius 1 is 1.57 bits per heavy atom. The highest BCUT2D eigenvalue weighted by molar-refractivity contribution is 4.75. The third-order valence-electron chi connectivity index (χ3n) is 1.54. The molecule has 0 aromatic heterocycles. The first-order chi connectivity index (χ1) is 3.43. The van der Waals surface area contributed by atoms with E-state index in [0.717, 1.165) is 12.6 Å². The predicted molar refractivity (Wildman–Crippen MR) is 31.0 cm³/mol. The van der Waals surface area contributed by atoms with Crippen molar-refractivity contribution in [3.05, 3.63) is 6.92 Å². The molecule has 0 atom stereocenters. The Bertz CT molecular complexity index is 48.1. The largest absolute Gasteiger partial charge is 0.314 e. The van der Waals surface area contributed by atoms with Crippen molar-refractivity contribution >= 4 is 0 Å². The van der Waals surface area contributed by atoms with Crippen molar-refractivity contribution in [2.75, 3.05) is 6.54 Å². The highest BCUT2D eigenvalue weighted by Gasteiger charge is 2.14. The molecule has 0 heterocycles. The van der Waals surface area contributed by atoms with Crippen LogP contribution in [0.5, 0.6) is 0 Å². The summed E-state index contributed by atoms with van der Waals surface area (Å²) in [6.07, 6.45) is 4.16. The lowest BCUT2D eigenvalue weighted by molar-refractivity contribution is 0.351. The molecule has 0 spiro atoms. The molecule has 41 valence electrons. The van der Waals surface area contributed by atoms with Crippen molar-refractivity contribution in [3.63, 3.8) is 0 Å². The van der Waals surface area contributed by atoms with Crippen LogP contribution in [0.25, 0.3) is 0 Å². The Balaban J connectivity index is 1.93. The van der Waals surface area contributed by atoms with Gasteiger partial charge >= 0.3 is 0 Å². The van der Waals surface area contributed by atoms with Gasteiger partial charge in [-0.25, -0.2) is 0 Å². The monoisotopic (exact) mass is 98.1 g/mol. The molecule has 1 fully saturated rings. The molecule has 1 rings (SSSR count). The van der Waals surface area contributed by atoms with Crippen molar-refractivity contribution in [1.82, 2.24) is 5.32 Å². The minimum Gasteiger partial charge on any atom is -0.314 e. The number of rotatable bonds is 2. The highest BCUT2D eigenvalue weighted by Crippen LogP contribution is 2.17. The van der Waals surface area contributed by atoms with Crippen LogP contribution in [-0.2, 0) is 0 Å². The first-order valence-corrected chi connectivity index (χ1v) is 2.96. The van der Waals surface area contributed by atoms with E-state index in [-0.39, 0.29) is 0 Å². The van der Waals surface area contributed by atoms with Crippen LogP contribution < -0.4 is 5.32 Å². The zero-order chi connectivity index (χ0) is 5.11. The summed E-state index contributed by atoms with van der Waals surface area (Å²) in [6, 6.07) is 0.817. The molecule has 1 N–H and O–H groups in total. The van der Waals surface area contributed by atoms with E-state index in [1.54, 1.807) is 0 Å². The number of nitrogens with one attached hydrogen (secondary N) is 1. The van der Waals surface area contributed by atoms with Gasteiger partial charge in [-0.1, -0.05) is 6.42 Å². The van der Waals surface area contributed by atoms with E-state index in [4.69, 9.17) is 0 Å². The first kappa shape index (κ1) is 5.10. The summed E-state index contributed by atoms with van der Waals surface area (Å²) in [5.41, 5.74) is 0. The maximum Gasteiger partial charge on any atom is 0.00670 e. The summed E-state index contributed by atoms with van der Waals surface area (Å²) in [4.78, 5) is 0. The maximum absolute atomic E-state index is 3.70. The van der Waals surface area contributed by atoms with Crippen molar-refractivity contribution in [3.8, 4) is 0 Å². The Hall–Kier alpha value is -0.0400. The molecule has 1 radical (unpaired) electrons. The summed E-state index contributed by atoms with van der Waals surface area (Å²) in [5.74, 6) is 0. The lowest BCUT2D eigenvalue weighted by Crippen LogP contribution is -2.34. The summed E-state index contributed by atoms with van der Waals surface area (Å²) >= 11 is 0. The molecule has 1 aliphatic carbocycles. The van der Waals surface area contributed by atoms with E-state index in [9.17, 15) is 0 Å². The van der Waals surface area contributed by atoms with E-state index in [1.165, 1.54) is 19.3 Å². The van der Waals surface area contributed by atoms with Gasteiger partial charge in [0.05, 0.1) is 0 Å². The van der Waals surface area contributed by atoms with Gasteiger partial charge in [0.25, 0.3) is 0 Å². The van der Waals surface area contributed by atoms with Gasteiger partial charge in [0.15, 0.2) is 0 Å². The second-order valence-electron chi connectivity index (χ2n) is 2.08. The Labute approximate surface area is 45.1 Å². The number of hydrogen-bond donors (Lipinski definition) is 1. The molecule has 0 aromatic carbocycles. The molecule has 0 amide bonds. The summed E-state index contributed by atoms with van der Waals surface area (Å²) in [6.45, 7) is 4.59. The molecule has 1 heteroatoms. The van der Waals surface area contributed by atoms with Crippen molar-refractivity contribution < 1.29 is 0 Å². The van der Waals surface area contributed by atoms with E-state index in [2.05, 4.69) is 12.2 Å². The summed E-state index contributed by atoms with van der Waals surface area (Å²) < 4.78 is 0. The minimum absolute atomic E-state index is 0.817. The second-order valence-corrected chi connectivity index (χ2v) is 2.08. The third kappa shape index (κ3) is 1.16. The molecular formula is C6H12N. The van der Waals surface area contributed by atoms with Crippen LogP contribution in [0.2, 0.25) is 0 Å². The molecule has 7 heavy (non-hydrogen) atoms. The number of hydrogen-bond acceptors (Lipinski definition) is 1. The van der Waals surface area contributed by atoms with Gasteiger partial charge in [-0.2, -0.15) is 0 Å². The minimum atomic E-state index is 0.817. The van der Waals surface area contributed by atoms with E-state index in [1.807, 2.05) is 0 Å². The molecule has 1 nitrogen and oxygen atoms in total. The lowest BCUT2D eigenvalue weighted by Gasteiger charge is -2.25. The molecule has 0 saturated heterocycles. The fourth-order valence-corrected chi connectivity index (χ4v) is 0.816. The average Bonchev–Trinajstić information content (AvgIpc) is 1.55. The maximum atomic E-state index is 3.70. The fourth-order valence-electron chi connectivity index (χ4n) is 0.816. The van der Waals surface area contributed by atoms with Crippen LogP contribution in [0.4, 0.5) is 0 Å². The molecule has 1 saturated carbocycles. The van der Waals surface area contributed by atoms with Gasteiger partial charge in [0.2, 0.25) is 0 Å². The molecule has 1 aliphatic rings. The van der Waals surface area contributed by atoms with E-state index < -0.39 is 0 Å². The van der Waals surface area contributed by atoms with Crippen LogP contribution in [-0.4, -0.2) is 12.6 Å². The fraction of sp³-hybridized carbons (Fsp3) is 0.833. The van der Waals surface area contributed by atoms with Gasteiger partial charge in [0.1, 0.15) is 0 Å². The zero-order valence-electron chi connectivity index (χ0n) is 4.61. The highest BCUT2D eigenvalue weighted by atomic mass is 14.9. The molecule has 0 unspecified atom stereocenters. The van der Waals surface area contributed by atoms with Crippen LogP contribution >= 0.6 is 0 Å². The van der Waals surface area contributed by atoms with Gasteiger partial charge < -0.3 is 5.32 Å². The predicted octanol–water partition coefficient (Wildman–Crippen LogP) is 0.963. The van der Waals surface area contributed by atoms with Crippen molar-refractivity contribution in [2.45, 2.75) is 25.3 Å². The molecule has 0 aromatic rings. The van der Waals surface area contributed by atoms with Crippen LogP contribution in [0.15, 0.2) is 0 Å². The van der Waals surface area contributed by atoms with Gasteiger partial charge in [-0.15, -0.1) is 0 Å². The summed E-state index contributed by atoms with van der Waals surface area (Å²) in [7, 11) is 0. The Morgan fingerprint density at radius 2 is 2.29 bits per heavy atom. The normalized spacial score (nSPS) is 21.9. The quantitative estimate of drug-likeness (QED) is 0.542. The topological polar surface area (TPSA) is 12.0 Å². The van der Waals surface area contributed by atoms with Crippen LogP contribution in [0.1, 0.15) is 19.3 Å². The standard InChI is InChI=1S/C6H12N/c1-2-7-6-4-3-5-6/h6-7H,1-5H2. The van der Waals surface area contributed by atoms with Crippen molar-refractivity contribution in [2.24, 2.45) is 0 Å². The molecular weight excluding hydrogens is 86.1 g/mol. The van der Waals surface area contributed by atoms with E-state index >= 15 is 0 Å². The Morgan fingerprint density at radius 3 is 2.43 bits per heavy atom.